The molecule has 1 aliphatic heterocycles. The lowest BCUT2D eigenvalue weighted by molar-refractivity contribution is 0.0423. The minimum absolute atomic E-state index is 0.0953. The molecule has 0 fully saturated rings. The molecule has 0 saturated carbocycles. The zero-order chi connectivity index (χ0) is 18.7. The van der Waals surface area contributed by atoms with Crippen molar-refractivity contribution in [3.8, 4) is 0 Å². The maximum Gasteiger partial charge on any atom is 0.257 e. The van der Waals surface area contributed by atoms with Gasteiger partial charge in [-0.15, -0.1) is 0 Å². The van der Waals surface area contributed by atoms with Gasteiger partial charge in [-0.05, 0) is 29.7 Å². The summed E-state index contributed by atoms with van der Waals surface area (Å²) in [6, 6.07) is 12.6. The molecule has 1 heterocycles. The van der Waals surface area contributed by atoms with Gasteiger partial charge in [-0.2, -0.15) is 0 Å². The van der Waals surface area contributed by atoms with Crippen LogP contribution < -0.4 is 5.32 Å². The summed E-state index contributed by atoms with van der Waals surface area (Å²) in [6.45, 7) is 0.690. The molecule has 1 amide bonds. The first-order valence-corrected chi connectivity index (χ1v) is 9.05. The summed E-state index contributed by atoms with van der Waals surface area (Å²) in [4.78, 5) is 14.1. The van der Waals surface area contributed by atoms with Crippen LogP contribution in [0.15, 0.2) is 42.5 Å². The van der Waals surface area contributed by atoms with Crippen LogP contribution in [0.4, 0.5) is 10.1 Å². The summed E-state index contributed by atoms with van der Waals surface area (Å²) >= 11 is 0. The SMILES string of the molecule is CN1C(=O)c2cc(NCCCO)ccc2/C=C/c2ccccc2C1(F)P. The maximum absolute atomic E-state index is 15.6. The average molecular weight is 372 g/mol. The Labute approximate surface area is 154 Å². The highest BCUT2D eigenvalue weighted by atomic mass is 31.0. The second-order valence-electron chi connectivity index (χ2n) is 6.26. The quantitative estimate of drug-likeness (QED) is 0.489. The molecule has 26 heavy (non-hydrogen) atoms. The molecular formula is C20H22FN2O2P. The number of fused-ring (bicyclic) bond motifs is 2. The lowest BCUT2D eigenvalue weighted by Gasteiger charge is -2.32. The van der Waals surface area contributed by atoms with Crippen molar-refractivity contribution >= 4 is 33.0 Å². The first-order chi connectivity index (χ1) is 12.4. The number of hydrogen-bond donors (Lipinski definition) is 2. The number of hydrogen-bond acceptors (Lipinski definition) is 3. The molecule has 0 aromatic heterocycles. The highest BCUT2D eigenvalue weighted by Gasteiger charge is 2.37. The summed E-state index contributed by atoms with van der Waals surface area (Å²) in [7, 11) is 3.63. The Balaban J connectivity index is 2.07. The third-order valence-electron chi connectivity index (χ3n) is 4.52. The summed E-state index contributed by atoms with van der Waals surface area (Å²) in [5, 5.41) is 12.1. The molecule has 2 aromatic carbocycles. The van der Waals surface area contributed by atoms with E-state index in [9.17, 15) is 4.79 Å². The molecule has 1 aliphatic rings. The first kappa shape index (κ1) is 18.6. The van der Waals surface area contributed by atoms with E-state index >= 15 is 4.39 Å². The average Bonchev–Trinajstić information content (AvgIpc) is 2.68. The molecule has 2 unspecified atom stereocenters. The summed E-state index contributed by atoms with van der Waals surface area (Å²) in [6.07, 6.45) is 4.28. The predicted molar refractivity (Wildman–Crippen MR) is 107 cm³/mol. The molecule has 0 radical (unpaired) electrons. The molecule has 2 atom stereocenters. The molecule has 4 nitrogen and oxygen atoms in total. The summed E-state index contributed by atoms with van der Waals surface area (Å²) in [5.74, 6) is -0.398. The van der Waals surface area contributed by atoms with E-state index in [0.29, 0.717) is 24.1 Å². The number of halogens is 1. The second-order valence-corrected chi connectivity index (χ2v) is 7.03. The highest BCUT2D eigenvalue weighted by Crippen LogP contribution is 2.40. The first-order valence-electron chi connectivity index (χ1n) is 8.47. The van der Waals surface area contributed by atoms with Crippen molar-refractivity contribution in [1.29, 1.82) is 0 Å². The van der Waals surface area contributed by atoms with Crippen LogP contribution >= 0.6 is 9.24 Å². The molecule has 0 spiro atoms. The van der Waals surface area contributed by atoms with Gasteiger partial charge in [-0.25, -0.2) is 4.39 Å². The lowest BCUT2D eigenvalue weighted by atomic mass is 10.0. The second kappa shape index (κ2) is 7.56. The van der Waals surface area contributed by atoms with Crippen molar-refractivity contribution < 1.29 is 14.3 Å². The lowest BCUT2D eigenvalue weighted by Crippen LogP contribution is -2.40. The van der Waals surface area contributed by atoms with E-state index < -0.39 is 11.4 Å². The molecule has 136 valence electrons. The summed E-state index contributed by atoms with van der Waals surface area (Å²) in [5.41, 5.74) is 1.05. The van der Waals surface area contributed by atoms with Crippen LogP contribution in [0.2, 0.25) is 0 Å². The molecule has 0 aliphatic carbocycles. The minimum Gasteiger partial charge on any atom is -0.396 e. The molecule has 0 bridgehead atoms. The number of anilines is 1. The van der Waals surface area contributed by atoms with Crippen LogP contribution in [-0.4, -0.2) is 36.1 Å². The highest BCUT2D eigenvalue weighted by molar-refractivity contribution is 7.18. The molecule has 3 rings (SSSR count). The molecule has 6 heteroatoms. The number of alkyl halides is 1. The molecule has 2 aromatic rings. The van der Waals surface area contributed by atoms with Crippen LogP contribution in [0, 0.1) is 0 Å². The number of benzene rings is 2. The van der Waals surface area contributed by atoms with Crippen molar-refractivity contribution in [1.82, 2.24) is 4.90 Å². The molecule has 2 N–H and O–H groups in total. The van der Waals surface area contributed by atoms with Crippen LogP contribution in [0.3, 0.4) is 0 Å². The van der Waals surface area contributed by atoms with Gasteiger partial charge in [0.1, 0.15) is 0 Å². The van der Waals surface area contributed by atoms with Crippen molar-refractivity contribution in [2.24, 2.45) is 0 Å². The third kappa shape index (κ3) is 3.50. The van der Waals surface area contributed by atoms with Crippen molar-refractivity contribution in [2.45, 2.75) is 12.0 Å². The summed E-state index contributed by atoms with van der Waals surface area (Å²) < 4.78 is 15.6. The van der Waals surface area contributed by atoms with E-state index in [2.05, 4.69) is 14.6 Å². The number of carbonyl (C=O) groups excluding carboxylic acids is 1. The van der Waals surface area contributed by atoms with Crippen molar-refractivity contribution in [2.75, 3.05) is 25.5 Å². The van der Waals surface area contributed by atoms with Gasteiger partial charge in [0.15, 0.2) is 0 Å². The number of carbonyl (C=O) groups is 1. The van der Waals surface area contributed by atoms with Gasteiger partial charge < -0.3 is 15.3 Å². The smallest absolute Gasteiger partial charge is 0.257 e. The van der Waals surface area contributed by atoms with Crippen LogP contribution in [0.25, 0.3) is 12.2 Å². The van der Waals surface area contributed by atoms with E-state index in [1.165, 1.54) is 7.05 Å². The van der Waals surface area contributed by atoms with Gasteiger partial charge in [0.05, 0.1) is 0 Å². The van der Waals surface area contributed by atoms with E-state index in [-0.39, 0.29) is 6.61 Å². The van der Waals surface area contributed by atoms with E-state index in [0.717, 1.165) is 21.7 Å². The minimum atomic E-state index is -2.01. The molecular weight excluding hydrogens is 350 g/mol. The van der Waals surface area contributed by atoms with Crippen LogP contribution in [-0.2, 0) is 5.53 Å². The van der Waals surface area contributed by atoms with Gasteiger partial charge in [0.25, 0.3) is 5.91 Å². The Hall–Kier alpha value is -2.23. The number of nitrogens with zero attached hydrogens (tertiary/aromatic N) is 1. The zero-order valence-electron chi connectivity index (χ0n) is 14.6. The predicted octanol–water partition coefficient (Wildman–Crippen LogP) is 3.69. The van der Waals surface area contributed by atoms with Crippen molar-refractivity contribution in [3.05, 3.63) is 64.7 Å². The normalized spacial score (nSPS) is 20.5. The fourth-order valence-electron chi connectivity index (χ4n) is 2.96. The number of rotatable bonds is 4. The largest absolute Gasteiger partial charge is 0.396 e. The fraction of sp³-hybridized carbons (Fsp3) is 0.250. The molecule has 0 saturated heterocycles. The van der Waals surface area contributed by atoms with Gasteiger partial charge in [0, 0.05) is 37.0 Å². The van der Waals surface area contributed by atoms with E-state index in [4.69, 9.17) is 5.11 Å². The number of nitrogens with one attached hydrogen (secondary N) is 1. The Morgan fingerprint density at radius 3 is 2.69 bits per heavy atom. The Bertz CT molecular complexity index is 851. The van der Waals surface area contributed by atoms with E-state index in [1.54, 1.807) is 18.2 Å². The number of aliphatic hydroxyl groups excluding tert-OH is 1. The fourth-order valence-corrected chi connectivity index (χ4v) is 3.34. The zero-order valence-corrected chi connectivity index (χ0v) is 15.7. The topological polar surface area (TPSA) is 52.6 Å². The number of amides is 1. The van der Waals surface area contributed by atoms with Crippen molar-refractivity contribution in [3.63, 3.8) is 0 Å². The van der Waals surface area contributed by atoms with Gasteiger partial charge >= 0.3 is 0 Å². The van der Waals surface area contributed by atoms with Gasteiger partial charge in [-0.1, -0.05) is 51.7 Å². The standard InChI is InChI=1S/C20H22FN2O2P/c1-23-19(25)17-13-16(22-11-4-12-24)10-9-14(17)7-8-15-5-2-3-6-18(15)20(23,21)26/h2-3,5-10,13,22,24H,4,11-12,26H2,1H3/b8-7+. The van der Waals surface area contributed by atoms with Gasteiger partial charge in [0.2, 0.25) is 5.53 Å². The van der Waals surface area contributed by atoms with E-state index in [1.807, 2.05) is 36.4 Å². The van der Waals surface area contributed by atoms with Crippen LogP contribution in [0.1, 0.15) is 33.5 Å². The Morgan fingerprint density at radius 1 is 1.19 bits per heavy atom. The van der Waals surface area contributed by atoms with Crippen LogP contribution in [0.5, 0.6) is 0 Å². The Kier molecular flexibility index (Phi) is 5.40. The number of aliphatic hydroxyl groups is 1. The monoisotopic (exact) mass is 372 g/mol. The Morgan fingerprint density at radius 2 is 1.92 bits per heavy atom. The maximum atomic E-state index is 15.6. The third-order valence-corrected chi connectivity index (χ3v) is 5.22. The van der Waals surface area contributed by atoms with Gasteiger partial charge in [-0.3, -0.25) is 4.79 Å².